The number of aliphatic hydroxyl groups excluding tert-OH is 1. The molecule has 1 N–H and O–H groups in total. The van der Waals surface area contributed by atoms with Crippen LogP contribution in [0.4, 0.5) is 0 Å². The van der Waals surface area contributed by atoms with E-state index in [0.29, 0.717) is 30.1 Å². The van der Waals surface area contributed by atoms with Crippen molar-refractivity contribution >= 4 is 11.9 Å². The Bertz CT molecular complexity index is 823. The van der Waals surface area contributed by atoms with Crippen molar-refractivity contribution in [2.75, 3.05) is 7.11 Å². The van der Waals surface area contributed by atoms with Crippen molar-refractivity contribution in [3.05, 3.63) is 17.2 Å². The first-order chi connectivity index (χ1) is 15.2. The Hall–Kier alpha value is -1.38. The van der Waals surface area contributed by atoms with Gasteiger partial charge in [0, 0.05) is 17.9 Å². The molecule has 4 nitrogen and oxygen atoms in total. The highest BCUT2D eigenvalue weighted by atomic mass is 16.5. The molecule has 9 atom stereocenters. The fourth-order valence-corrected chi connectivity index (χ4v) is 9.01. The molecule has 0 aliphatic heterocycles. The molecule has 32 heavy (non-hydrogen) atoms. The van der Waals surface area contributed by atoms with Crippen LogP contribution < -0.4 is 0 Å². The van der Waals surface area contributed by atoms with Crippen molar-refractivity contribution in [3.63, 3.8) is 0 Å². The van der Waals surface area contributed by atoms with E-state index in [4.69, 9.17) is 4.74 Å². The van der Waals surface area contributed by atoms with E-state index < -0.39 is 0 Å². The minimum absolute atomic E-state index is 0.116. The number of hydrogen-bond acceptors (Lipinski definition) is 4. The number of hydrogen-bond donors (Lipinski definition) is 1. The number of aliphatic hydroxyl groups is 1. The minimum atomic E-state index is -0.257. The van der Waals surface area contributed by atoms with E-state index in [0.717, 1.165) is 44.1 Å². The summed E-state index contributed by atoms with van der Waals surface area (Å²) in [5.41, 5.74) is 2.46. The van der Waals surface area contributed by atoms with Gasteiger partial charge in [-0.15, -0.1) is 0 Å². The number of rotatable bonds is 4. The highest BCUT2D eigenvalue weighted by Gasteiger charge is 2.63. The SMILES string of the molecule is C/C=C1\C(=C=O)C2C(CC[C@@]3(C)[C@@H]2CC[C@@H]3[C@H](C)CCC(=O)OC)[C@@]2(C)CC[C@@H](O)C[C@@H]12. The molecule has 0 bridgehead atoms. The van der Waals surface area contributed by atoms with Gasteiger partial charge in [-0.2, -0.15) is 0 Å². The highest BCUT2D eigenvalue weighted by molar-refractivity contribution is 5.69. The maximum absolute atomic E-state index is 12.4. The molecule has 0 aromatic heterocycles. The minimum Gasteiger partial charge on any atom is -0.469 e. The van der Waals surface area contributed by atoms with Gasteiger partial charge in [-0.05, 0) is 104 Å². The topological polar surface area (TPSA) is 63.6 Å². The van der Waals surface area contributed by atoms with Crippen molar-refractivity contribution in [1.82, 2.24) is 0 Å². The Morgan fingerprint density at radius 2 is 1.88 bits per heavy atom. The average Bonchev–Trinajstić information content (AvgIpc) is 3.14. The van der Waals surface area contributed by atoms with Gasteiger partial charge in [0.1, 0.15) is 5.94 Å². The van der Waals surface area contributed by atoms with Crippen molar-refractivity contribution < 1.29 is 19.4 Å². The summed E-state index contributed by atoms with van der Waals surface area (Å²) in [6.07, 6.45) is 10.7. The number of carbonyl (C=O) groups is 1. The lowest BCUT2D eigenvalue weighted by Crippen LogP contribution is -2.55. The van der Waals surface area contributed by atoms with E-state index in [1.165, 1.54) is 25.5 Å². The lowest BCUT2D eigenvalue weighted by Gasteiger charge is -2.61. The molecule has 4 heteroatoms. The zero-order valence-electron chi connectivity index (χ0n) is 20.7. The third-order valence-corrected chi connectivity index (χ3v) is 10.7. The van der Waals surface area contributed by atoms with Gasteiger partial charge in [0.25, 0.3) is 0 Å². The summed E-state index contributed by atoms with van der Waals surface area (Å²) >= 11 is 0. The van der Waals surface area contributed by atoms with Crippen LogP contribution in [0, 0.1) is 46.3 Å². The van der Waals surface area contributed by atoms with Crippen LogP contribution in [0.2, 0.25) is 0 Å². The average molecular weight is 443 g/mol. The van der Waals surface area contributed by atoms with Crippen LogP contribution in [0.3, 0.4) is 0 Å². The lowest BCUT2D eigenvalue weighted by molar-refractivity contribution is -0.141. The summed E-state index contributed by atoms with van der Waals surface area (Å²) in [5.74, 6) is 4.95. The summed E-state index contributed by atoms with van der Waals surface area (Å²) in [6, 6.07) is 0. The van der Waals surface area contributed by atoms with Crippen LogP contribution >= 0.6 is 0 Å². The zero-order chi connectivity index (χ0) is 23.3. The van der Waals surface area contributed by atoms with E-state index in [1.54, 1.807) is 0 Å². The molecule has 0 spiro atoms. The summed E-state index contributed by atoms with van der Waals surface area (Å²) in [7, 11) is 1.47. The number of allylic oxidation sites excluding steroid dienone is 3. The van der Waals surface area contributed by atoms with Crippen LogP contribution in [0.15, 0.2) is 17.2 Å². The molecule has 0 saturated heterocycles. The molecule has 0 aromatic carbocycles. The molecule has 178 valence electrons. The summed E-state index contributed by atoms with van der Waals surface area (Å²) < 4.78 is 4.88. The maximum Gasteiger partial charge on any atom is 0.305 e. The molecular formula is C28H42O4. The Balaban J connectivity index is 1.66. The predicted molar refractivity (Wildman–Crippen MR) is 125 cm³/mol. The number of esters is 1. The van der Waals surface area contributed by atoms with Gasteiger partial charge in [0.2, 0.25) is 0 Å². The lowest BCUT2D eigenvalue weighted by atomic mass is 9.42. The fraction of sp³-hybridized carbons (Fsp3) is 0.821. The molecule has 4 saturated carbocycles. The first-order valence-electron chi connectivity index (χ1n) is 12.9. The smallest absolute Gasteiger partial charge is 0.305 e. The molecule has 0 heterocycles. The summed E-state index contributed by atoms with van der Waals surface area (Å²) in [5, 5.41) is 10.5. The second-order valence-electron chi connectivity index (χ2n) is 11.8. The van der Waals surface area contributed by atoms with Gasteiger partial charge in [-0.1, -0.05) is 26.8 Å². The van der Waals surface area contributed by atoms with Gasteiger partial charge < -0.3 is 9.84 Å². The highest BCUT2D eigenvalue weighted by Crippen LogP contribution is 2.70. The van der Waals surface area contributed by atoms with Crippen molar-refractivity contribution in [1.29, 1.82) is 0 Å². The normalized spacial score (nSPS) is 45.4. The Morgan fingerprint density at radius 3 is 2.53 bits per heavy atom. The van der Waals surface area contributed by atoms with E-state index in [-0.39, 0.29) is 34.7 Å². The summed E-state index contributed by atoms with van der Waals surface area (Å²) in [4.78, 5) is 24.2. The molecule has 4 fully saturated rings. The third kappa shape index (κ3) is 3.53. The van der Waals surface area contributed by atoms with Crippen molar-refractivity contribution in [2.24, 2.45) is 46.3 Å². The van der Waals surface area contributed by atoms with E-state index in [1.807, 2.05) is 0 Å². The molecule has 0 aromatic rings. The van der Waals surface area contributed by atoms with Crippen LogP contribution in [0.1, 0.15) is 85.5 Å². The van der Waals surface area contributed by atoms with Crippen LogP contribution in [-0.4, -0.2) is 30.2 Å². The third-order valence-electron chi connectivity index (χ3n) is 10.7. The predicted octanol–water partition coefficient (Wildman–Crippen LogP) is 5.52. The first kappa shape index (κ1) is 23.8. The fourth-order valence-electron chi connectivity index (χ4n) is 9.01. The van der Waals surface area contributed by atoms with Gasteiger partial charge in [0.15, 0.2) is 0 Å². The van der Waals surface area contributed by atoms with Gasteiger partial charge in [-0.25, -0.2) is 4.79 Å². The maximum atomic E-state index is 12.4. The Labute approximate surface area is 193 Å². The quantitative estimate of drug-likeness (QED) is 0.460. The molecule has 4 rings (SSSR count). The largest absolute Gasteiger partial charge is 0.469 e. The molecule has 2 unspecified atom stereocenters. The van der Waals surface area contributed by atoms with Crippen LogP contribution in [0.5, 0.6) is 0 Å². The monoisotopic (exact) mass is 442 g/mol. The van der Waals surface area contributed by atoms with E-state index in [9.17, 15) is 14.7 Å². The second-order valence-corrected chi connectivity index (χ2v) is 11.8. The van der Waals surface area contributed by atoms with Gasteiger partial charge >= 0.3 is 5.97 Å². The molecule has 4 aliphatic rings. The molecular weight excluding hydrogens is 400 g/mol. The Kier molecular flexibility index (Phi) is 6.51. The number of fused-ring (bicyclic) bond motifs is 5. The number of methoxy groups -OCH3 is 1. The number of carbonyl (C=O) groups excluding carboxylic acids is 2. The molecule has 0 amide bonds. The zero-order valence-corrected chi connectivity index (χ0v) is 20.7. The standard InChI is InChI=1S/C28H42O4/c1-6-19-20(16-29)26-22-9-8-21(17(2)7-10-25(31)32-5)27(22,3)14-12-23(26)28(4)13-11-18(30)15-24(19)28/h6,17-18,21-24,26,30H,7-15H2,1-5H3/b19-6+/t17-,18-,21-,22-,23?,24+,26?,27-,28-/m1/s1. The van der Waals surface area contributed by atoms with Crippen LogP contribution in [0.25, 0.3) is 0 Å². The second kappa shape index (κ2) is 8.76. The van der Waals surface area contributed by atoms with Gasteiger partial charge in [0.05, 0.1) is 13.2 Å². The van der Waals surface area contributed by atoms with Crippen molar-refractivity contribution in [2.45, 2.75) is 91.6 Å². The van der Waals surface area contributed by atoms with E-state index >= 15 is 0 Å². The van der Waals surface area contributed by atoms with Gasteiger partial charge in [-0.3, -0.25) is 4.79 Å². The first-order valence-corrected chi connectivity index (χ1v) is 12.9. The summed E-state index contributed by atoms with van der Waals surface area (Å²) in [6.45, 7) is 9.28. The van der Waals surface area contributed by atoms with Crippen molar-refractivity contribution in [3.8, 4) is 0 Å². The molecule has 0 radical (unpaired) electrons. The van der Waals surface area contributed by atoms with E-state index in [2.05, 4.69) is 39.7 Å². The van der Waals surface area contributed by atoms with Crippen LogP contribution in [-0.2, 0) is 14.3 Å². The molecule has 4 aliphatic carbocycles. The Morgan fingerprint density at radius 1 is 1.19 bits per heavy atom. The number of ether oxygens (including phenoxy) is 1.